The van der Waals surface area contributed by atoms with E-state index in [1.807, 2.05) is 0 Å². The van der Waals surface area contributed by atoms with Gasteiger partial charge in [-0.1, -0.05) is 18.9 Å². The maximum Gasteiger partial charge on any atom is 0.326 e. The van der Waals surface area contributed by atoms with E-state index in [1.54, 1.807) is 17.5 Å². The Labute approximate surface area is 138 Å². The highest BCUT2D eigenvalue weighted by atomic mass is 32.1. The SMILES string of the molecule is O=C(NCC(=O)N1C(C(=O)O)CC2CCCCC21)c1cccs1. The van der Waals surface area contributed by atoms with Crippen LogP contribution in [0.1, 0.15) is 41.8 Å². The zero-order chi connectivity index (χ0) is 16.4. The van der Waals surface area contributed by atoms with E-state index in [1.165, 1.54) is 16.2 Å². The molecule has 1 aliphatic carbocycles. The fourth-order valence-electron chi connectivity index (χ4n) is 3.78. The van der Waals surface area contributed by atoms with Crippen LogP contribution in [0, 0.1) is 5.92 Å². The van der Waals surface area contributed by atoms with Gasteiger partial charge in [0.05, 0.1) is 11.4 Å². The lowest BCUT2D eigenvalue weighted by atomic mass is 9.85. The maximum atomic E-state index is 12.5. The molecule has 2 N–H and O–H groups in total. The van der Waals surface area contributed by atoms with Crippen LogP contribution in [0.25, 0.3) is 0 Å². The number of carbonyl (C=O) groups is 3. The third-order valence-corrected chi connectivity index (χ3v) is 5.67. The Morgan fingerprint density at radius 3 is 2.78 bits per heavy atom. The summed E-state index contributed by atoms with van der Waals surface area (Å²) in [5, 5.41) is 13.8. The maximum absolute atomic E-state index is 12.5. The number of hydrogen-bond acceptors (Lipinski definition) is 4. The van der Waals surface area contributed by atoms with Gasteiger partial charge in [-0.05, 0) is 36.6 Å². The van der Waals surface area contributed by atoms with Gasteiger partial charge in [-0.2, -0.15) is 0 Å². The second-order valence-corrected chi connectivity index (χ2v) is 7.11. The monoisotopic (exact) mass is 336 g/mol. The smallest absolute Gasteiger partial charge is 0.326 e. The zero-order valence-electron chi connectivity index (χ0n) is 12.7. The molecule has 23 heavy (non-hydrogen) atoms. The summed E-state index contributed by atoms with van der Waals surface area (Å²) in [6, 6.07) is 2.72. The molecule has 1 aromatic rings. The molecule has 1 aliphatic heterocycles. The quantitative estimate of drug-likeness (QED) is 0.876. The van der Waals surface area contributed by atoms with Crippen LogP contribution < -0.4 is 5.32 Å². The van der Waals surface area contributed by atoms with E-state index in [0.29, 0.717) is 11.3 Å². The van der Waals surface area contributed by atoms with Crippen LogP contribution in [0.5, 0.6) is 0 Å². The molecule has 1 aromatic heterocycles. The molecule has 124 valence electrons. The summed E-state index contributed by atoms with van der Waals surface area (Å²) >= 11 is 1.31. The Kier molecular flexibility index (Phi) is 4.66. The molecule has 2 amide bonds. The molecule has 2 aliphatic rings. The van der Waals surface area contributed by atoms with Crippen molar-refractivity contribution >= 4 is 29.1 Å². The van der Waals surface area contributed by atoms with E-state index in [0.717, 1.165) is 25.7 Å². The van der Waals surface area contributed by atoms with Crippen LogP contribution in [0.2, 0.25) is 0 Å². The minimum atomic E-state index is -0.947. The molecular formula is C16H20N2O4S. The topological polar surface area (TPSA) is 86.7 Å². The van der Waals surface area contributed by atoms with E-state index < -0.39 is 12.0 Å². The first kappa shape index (κ1) is 16.0. The number of rotatable bonds is 4. The van der Waals surface area contributed by atoms with Crippen molar-refractivity contribution in [3.63, 3.8) is 0 Å². The highest BCUT2D eigenvalue weighted by Crippen LogP contribution is 2.39. The van der Waals surface area contributed by atoms with Gasteiger partial charge in [0.2, 0.25) is 5.91 Å². The van der Waals surface area contributed by atoms with Crippen LogP contribution in [0.15, 0.2) is 17.5 Å². The Hall–Kier alpha value is -1.89. The predicted molar refractivity (Wildman–Crippen MR) is 85.3 cm³/mol. The number of carboxylic acids is 1. The van der Waals surface area contributed by atoms with E-state index in [9.17, 15) is 19.5 Å². The molecule has 1 saturated carbocycles. The minimum Gasteiger partial charge on any atom is -0.480 e. The molecule has 0 radical (unpaired) electrons. The summed E-state index contributed by atoms with van der Waals surface area (Å²) < 4.78 is 0. The molecule has 0 spiro atoms. The molecule has 0 bridgehead atoms. The lowest BCUT2D eigenvalue weighted by Gasteiger charge is -2.33. The number of likely N-dealkylation sites (tertiary alicyclic amines) is 1. The number of carbonyl (C=O) groups excluding carboxylic acids is 2. The number of thiophene rings is 1. The van der Waals surface area contributed by atoms with Gasteiger partial charge in [-0.3, -0.25) is 9.59 Å². The van der Waals surface area contributed by atoms with Crippen molar-refractivity contribution in [3.05, 3.63) is 22.4 Å². The fraction of sp³-hybridized carbons (Fsp3) is 0.562. The molecule has 3 unspecified atom stereocenters. The fourth-order valence-corrected chi connectivity index (χ4v) is 4.42. The van der Waals surface area contributed by atoms with Crippen molar-refractivity contribution < 1.29 is 19.5 Å². The first-order chi connectivity index (χ1) is 11.1. The van der Waals surface area contributed by atoms with Crippen molar-refractivity contribution in [1.82, 2.24) is 10.2 Å². The third-order valence-electron chi connectivity index (χ3n) is 4.81. The van der Waals surface area contributed by atoms with Gasteiger partial charge in [0.25, 0.3) is 5.91 Å². The van der Waals surface area contributed by atoms with Crippen LogP contribution in [0.4, 0.5) is 0 Å². The molecule has 3 rings (SSSR count). The Balaban J connectivity index is 1.66. The van der Waals surface area contributed by atoms with Crippen LogP contribution in [0.3, 0.4) is 0 Å². The van der Waals surface area contributed by atoms with E-state index >= 15 is 0 Å². The molecule has 2 heterocycles. The van der Waals surface area contributed by atoms with Gasteiger partial charge < -0.3 is 15.3 Å². The molecular weight excluding hydrogens is 316 g/mol. The zero-order valence-corrected chi connectivity index (χ0v) is 13.6. The van der Waals surface area contributed by atoms with Crippen molar-refractivity contribution in [2.45, 2.75) is 44.2 Å². The van der Waals surface area contributed by atoms with Gasteiger partial charge in [0, 0.05) is 6.04 Å². The van der Waals surface area contributed by atoms with Crippen molar-refractivity contribution in [1.29, 1.82) is 0 Å². The molecule has 1 saturated heterocycles. The first-order valence-electron chi connectivity index (χ1n) is 7.93. The Morgan fingerprint density at radius 2 is 2.09 bits per heavy atom. The van der Waals surface area contributed by atoms with E-state index in [4.69, 9.17) is 0 Å². The summed E-state index contributed by atoms with van der Waals surface area (Å²) in [7, 11) is 0. The number of amides is 2. The Bertz CT molecular complexity index is 601. The number of carboxylic acid groups (broad SMARTS) is 1. The third kappa shape index (κ3) is 3.24. The van der Waals surface area contributed by atoms with E-state index in [2.05, 4.69) is 5.32 Å². The lowest BCUT2D eigenvalue weighted by Crippen LogP contribution is -2.49. The normalized spacial score (nSPS) is 26.6. The van der Waals surface area contributed by atoms with Gasteiger partial charge >= 0.3 is 5.97 Å². The number of hydrogen-bond donors (Lipinski definition) is 2. The second-order valence-electron chi connectivity index (χ2n) is 6.16. The molecule has 6 nitrogen and oxygen atoms in total. The highest BCUT2D eigenvalue weighted by molar-refractivity contribution is 7.12. The van der Waals surface area contributed by atoms with Gasteiger partial charge in [0.15, 0.2) is 0 Å². The summed E-state index contributed by atoms with van der Waals surface area (Å²) in [5.41, 5.74) is 0. The van der Waals surface area contributed by atoms with Gasteiger partial charge in [-0.15, -0.1) is 11.3 Å². The van der Waals surface area contributed by atoms with Gasteiger partial charge in [0.1, 0.15) is 6.04 Å². The van der Waals surface area contributed by atoms with E-state index in [-0.39, 0.29) is 30.3 Å². The average Bonchev–Trinajstić information content (AvgIpc) is 3.19. The molecule has 3 atom stereocenters. The number of nitrogens with one attached hydrogen (secondary N) is 1. The summed E-state index contributed by atoms with van der Waals surface area (Å²) in [6.45, 7) is -0.149. The molecule has 2 fully saturated rings. The largest absolute Gasteiger partial charge is 0.480 e. The average molecular weight is 336 g/mol. The first-order valence-corrected chi connectivity index (χ1v) is 8.81. The standard InChI is InChI=1S/C16H20N2O4S/c19-14(9-17-15(20)13-6-3-7-23-13)18-11-5-2-1-4-10(11)8-12(18)16(21)22/h3,6-7,10-12H,1-2,4-5,8-9H2,(H,17,20)(H,21,22). The molecule has 7 heteroatoms. The number of nitrogens with zero attached hydrogens (tertiary/aromatic N) is 1. The number of aliphatic carboxylic acids is 1. The summed E-state index contributed by atoms with van der Waals surface area (Å²) in [5.74, 6) is -1.25. The second kappa shape index (κ2) is 6.70. The number of fused-ring (bicyclic) bond motifs is 1. The van der Waals surface area contributed by atoms with Gasteiger partial charge in [-0.25, -0.2) is 4.79 Å². The van der Waals surface area contributed by atoms with Crippen LogP contribution in [-0.2, 0) is 9.59 Å². The minimum absolute atomic E-state index is 0.0102. The highest BCUT2D eigenvalue weighted by Gasteiger charge is 2.47. The summed E-state index contributed by atoms with van der Waals surface area (Å²) in [6.07, 6.45) is 4.51. The van der Waals surface area contributed by atoms with Crippen molar-refractivity contribution in [2.24, 2.45) is 5.92 Å². The molecule has 0 aromatic carbocycles. The summed E-state index contributed by atoms with van der Waals surface area (Å²) in [4.78, 5) is 38.0. The van der Waals surface area contributed by atoms with Crippen LogP contribution in [-0.4, -0.2) is 46.4 Å². The predicted octanol–water partition coefficient (Wildman–Crippen LogP) is 1.72. The Morgan fingerprint density at radius 1 is 1.30 bits per heavy atom. The van der Waals surface area contributed by atoms with Crippen molar-refractivity contribution in [3.8, 4) is 0 Å². The van der Waals surface area contributed by atoms with Crippen LogP contribution >= 0.6 is 11.3 Å². The van der Waals surface area contributed by atoms with Crippen molar-refractivity contribution in [2.75, 3.05) is 6.54 Å². The lowest BCUT2D eigenvalue weighted by molar-refractivity contribution is -0.149.